The van der Waals surface area contributed by atoms with Gasteiger partial charge in [0.2, 0.25) is 0 Å². The van der Waals surface area contributed by atoms with Crippen LogP contribution in [0.3, 0.4) is 0 Å². The third kappa shape index (κ3) is 3.47. The van der Waals surface area contributed by atoms with Gasteiger partial charge in [0.15, 0.2) is 9.99 Å². The van der Waals surface area contributed by atoms with Crippen molar-refractivity contribution in [2.45, 2.75) is 49.9 Å². The molecule has 2 saturated heterocycles. The number of rotatable bonds is 4. The number of nitriles is 1. The zero-order chi connectivity index (χ0) is 21.6. The normalized spacial score (nSPS) is 34.6. The number of hydrogen-bond donors (Lipinski definition) is 0. The first-order valence-electron chi connectivity index (χ1n) is 9.24. The molecule has 3 heterocycles. The molecule has 29 heavy (non-hydrogen) atoms. The molecule has 0 radical (unpaired) electrons. The van der Waals surface area contributed by atoms with Crippen molar-refractivity contribution in [3.63, 3.8) is 0 Å². The minimum atomic E-state index is -1.14. The molecular weight excluding hydrogens is 406 g/mol. The lowest BCUT2D eigenvalue weighted by Gasteiger charge is -2.54. The van der Waals surface area contributed by atoms with E-state index in [2.05, 4.69) is 22.6 Å². The van der Waals surface area contributed by atoms with Gasteiger partial charge in [0, 0.05) is 44.9 Å². The van der Waals surface area contributed by atoms with Gasteiger partial charge in [-0.3, -0.25) is 14.5 Å². The number of fused-ring (bicyclic) bond motifs is 1. The first-order chi connectivity index (χ1) is 13.5. The molecule has 0 N–H and O–H groups in total. The highest BCUT2D eigenvalue weighted by Crippen LogP contribution is 2.61. The molecule has 0 bridgehead atoms. The summed E-state index contributed by atoms with van der Waals surface area (Å²) in [5.41, 5.74) is -0.120. The highest BCUT2D eigenvalue weighted by Gasteiger charge is 2.68. The lowest BCUT2D eigenvalue weighted by atomic mass is 9.80. The molecule has 154 valence electrons. The number of piperazine rings is 1. The number of carbonyl (C=O) groups is 2. The molecule has 1 amide bonds. The number of allylic oxidation sites excluding steroid dienone is 1. The standard InChI is InChI=1S/C20H25N5O2S2/c1-13(2)28-19(5)11-25-16(15-7-22-12-23-8-15)18(4,10-21)9-20(25,29-14(3)26)17(27)24(19)6/h7-8,12,16H,1,9,11H2,2-6H3/t16-,18+,19-,20-/m0/s1. The predicted molar refractivity (Wildman–Crippen MR) is 114 cm³/mol. The van der Waals surface area contributed by atoms with Gasteiger partial charge in [-0.15, -0.1) is 11.8 Å². The highest BCUT2D eigenvalue weighted by molar-refractivity contribution is 8.15. The molecule has 1 aromatic heterocycles. The number of likely N-dealkylation sites (N-methyl/N-ethyl adjacent to an activating group) is 1. The van der Waals surface area contributed by atoms with Crippen molar-refractivity contribution in [2.24, 2.45) is 5.41 Å². The summed E-state index contributed by atoms with van der Waals surface area (Å²) in [5, 5.41) is 9.97. The summed E-state index contributed by atoms with van der Waals surface area (Å²) in [6, 6.07) is 2.02. The fraction of sp³-hybridized carbons (Fsp3) is 0.550. The Kier molecular flexibility index (Phi) is 5.58. The second-order valence-electron chi connectivity index (χ2n) is 8.13. The van der Waals surface area contributed by atoms with Crippen LogP contribution in [0, 0.1) is 16.7 Å². The summed E-state index contributed by atoms with van der Waals surface area (Å²) in [5.74, 6) is -0.166. The number of nitrogens with zero attached hydrogens (tertiary/aromatic N) is 5. The molecule has 1 aromatic rings. The van der Waals surface area contributed by atoms with Crippen LogP contribution in [0.15, 0.2) is 30.2 Å². The summed E-state index contributed by atoms with van der Waals surface area (Å²) in [4.78, 5) is 37.2. The Morgan fingerprint density at radius 3 is 2.45 bits per heavy atom. The summed E-state index contributed by atoms with van der Waals surface area (Å²) >= 11 is 2.53. The van der Waals surface area contributed by atoms with Gasteiger partial charge in [0.05, 0.1) is 17.5 Å². The monoisotopic (exact) mass is 431 g/mol. The van der Waals surface area contributed by atoms with Crippen LogP contribution in [-0.2, 0) is 9.59 Å². The fourth-order valence-electron chi connectivity index (χ4n) is 4.52. The fourth-order valence-corrected chi connectivity index (χ4v) is 7.05. The number of aromatic nitrogens is 2. The van der Waals surface area contributed by atoms with Crippen molar-refractivity contribution in [3.8, 4) is 6.07 Å². The minimum absolute atomic E-state index is 0.154. The molecule has 2 aliphatic rings. The Balaban J connectivity index is 2.22. The smallest absolute Gasteiger partial charge is 0.254 e. The molecule has 2 aliphatic heterocycles. The summed E-state index contributed by atoms with van der Waals surface area (Å²) in [6.07, 6.45) is 5.06. The minimum Gasteiger partial charge on any atom is -0.327 e. The topological polar surface area (TPSA) is 90.2 Å². The molecule has 7 nitrogen and oxygen atoms in total. The Labute approximate surface area is 179 Å². The van der Waals surface area contributed by atoms with Crippen molar-refractivity contribution in [1.82, 2.24) is 19.8 Å². The van der Waals surface area contributed by atoms with E-state index in [9.17, 15) is 14.9 Å². The molecule has 0 aliphatic carbocycles. The lowest BCUT2D eigenvalue weighted by molar-refractivity contribution is -0.147. The van der Waals surface area contributed by atoms with Crippen LogP contribution in [0.4, 0.5) is 0 Å². The maximum absolute atomic E-state index is 13.8. The average molecular weight is 432 g/mol. The number of hydrogen-bond acceptors (Lipinski definition) is 8. The Morgan fingerprint density at radius 1 is 1.31 bits per heavy atom. The highest BCUT2D eigenvalue weighted by atomic mass is 32.2. The maximum Gasteiger partial charge on any atom is 0.254 e. The van der Waals surface area contributed by atoms with E-state index in [1.165, 1.54) is 25.0 Å². The third-order valence-electron chi connectivity index (χ3n) is 5.66. The molecule has 0 spiro atoms. The van der Waals surface area contributed by atoms with Crippen LogP contribution in [-0.4, -0.2) is 54.1 Å². The van der Waals surface area contributed by atoms with Crippen LogP contribution in [0.25, 0.3) is 0 Å². The van der Waals surface area contributed by atoms with Gasteiger partial charge in [-0.2, -0.15) is 5.26 Å². The number of amides is 1. The van der Waals surface area contributed by atoms with Gasteiger partial charge in [-0.1, -0.05) is 18.3 Å². The van der Waals surface area contributed by atoms with Crippen molar-refractivity contribution >= 4 is 34.5 Å². The Bertz CT molecular complexity index is 904. The quantitative estimate of drug-likeness (QED) is 0.718. The maximum atomic E-state index is 13.8. The molecule has 0 aromatic carbocycles. The van der Waals surface area contributed by atoms with E-state index in [0.29, 0.717) is 6.54 Å². The van der Waals surface area contributed by atoms with E-state index in [1.807, 2.05) is 25.7 Å². The molecule has 3 rings (SSSR count). The van der Waals surface area contributed by atoms with Crippen molar-refractivity contribution in [1.29, 1.82) is 5.26 Å². The van der Waals surface area contributed by atoms with Gasteiger partial charge in [0.1, 0.15) is 11.2 Å². The van der Waals surface area contributed by atoms with Crippen LogP contribution in [0.5, 0.6) is 0 Å². The van der Waals surface area contributed by atoms with Crippen molar-refractivity contribution in [2.75, 3.05) is 13.6 Å². The summed E-state index contributed by atoms with van der Waals surface area (Å²) in [7, 11) is 1.76. The molecular formula is C20H25N5O2S2. The first-order valence-corrected chi connectivity index (χ1v) is 10.9. The Morgan fingerprint density at radius 2 is 1.93 bits per heavy atom. The summed E-state index contributed by atoms with van der Waals surface area (Å²) in [6.45, 7) is 11.7. The van der Waals surface area contributed by atoms with Crippen molar-refractivity contribution in [3.05, 3.63) is 35.8 Å². The van der Waals surface area contributed by atoms with Crippen LogP contribution in [0.1, 0.15) is 45.7 Å². The number of thioether (sulfide) groups is 2. The molecule has 2 fully saturated rings. The number of carbonyl (C=O) groups excluding carboxylic acids is 2. The van der Waals surface area contributed by atoms with Crippen LogP contribution >= 0.6 is 23.5 Å². The van der Waals surface area contributed by atoms with Crippen molar-refractivity contribution < 1.29 is 9.59 Å². The van der Waals surface area contributed by atoms with Crippen LogP contribution in [0.2, 0.25) is 0 Å². The zero-order valence-corrected chi connectivity index (χ0v) is 18.9. The van der Waals surface area contributed by atoms with Gasteiger partial charge >= 0.3 is 0 Å². The van der Waals surface area contributed by atoms with Gasteiger partial charge in [-0.25, -0.2) is 9.97 Å². The van der Waals surface area contributed by atoms with E-state index in [1.54, 1.807) is 24.3 Å². The van der Waals surface area contributed by atoms with E-state index < -0.39 is 21.2 Å². The first kappa shape index (κ1) is 21.8. The molecule has 0 unspecified atom stereocenters. The molecule has 4 atom stereocenters. The van der Waals surface area contributed by atoms with E-state index in [4.69, 9.17) is 0 Å². The Hall–Kier alpha value is -1.89. The van der Waals surface area contributed by atoms with E-state index >= 15 is 0 Å². The van der Waals surface area contributed by atoms with Gasteiger partial charge in [0.25, 0.3) is 5.91 Å². The zero-order valence-electron chi connectivity index (χ0n) is 17.3. The third-order valence-corrected chi connectivity index (χ3v) is 8.03. The largest absolute Gasteiger partial charge is 0.327 e. The van der Waals surface area contributed by atoms with Gasteiger partial charge in [-0.05, 0) is 25.7 Å². The second kappa shape index (κ2) is 7.42. The molecule has 9 heteroatoms. The average Bonchev–Trinajstić information content (AvgIpc) is 2.88. The van der Waals surface area contributed by atoms with E-state index in [-0.39, 0.29) is 17.4 Å². The summed E-state index contributed by atoms with van der Waals surface area (Å²) < 4.78 is 0. The SMILES string of the molecule is C=C(C)S[C@@]1(C)CN2[C@@H](c3cncnc3)[C@@](C)(C#N)C[C@]2(SC(C)=O)C(=O)N1C. The predicted octanol–water partition coefficient (Wildman–Crippen LogP) is 3.18. The van der Waals surface area contributed by atoms with Gasteiger partial charge < -0.3 is 4.90 Å². The second-order valence-corrected chi connectivity index (χ2v) is 11.4. The van der Waals surface area contributed by atoms with E-state index in [0.717, 1.165) is 22.2 Å². The van der Waals surface area contributed by atoms with Crippen LogP contribution < -0.4 is 0 Å². The molecule has 0 saturated carbocycles. The lowest BCUT2D eigenvalue weighted by Crippen LogP contribution is -2.68.